The van der Waals surface area contributed by atoms with Gasteiger partial charge in [0.2, 0.25) is 5.79 Å². The monoisotopic (exact) mass is 234 g/mol. The van der Waals surface area contributed by atoms with E-state index in [0.29, 0.717) is 12.3 Å². The third kappa shape index (κ3) is 3.01. The van der Waals surface area contributed by atoms with E-state index in [2.05, 4.69) is 19.1 Å². The molecule has 0 aromatic heterocycles. The van der Waals surface area contributed by atoms with Crippen LogP contribution in [0.4, 0.5) is 0 Å². The molecule has 1 aliphatic rings. The molecule has 94 valence electrons. The maximum absolute atomic E-state index is 10.1. The molecule has 0 bridgehead atoms. The SMILES string of the molecule is CCCCCC1CC(C)(O)Oc2ccccc21. The largest absolute Gasteiger partial charge is 0.463 e. The lowest BCUT2D eigenvalue weighted by Crippen LogP contribution is -2.37. The van der Waals surface area contributed by atoms with Crippen molar-refractivity contribution in [3.8, 4) is 5.75 Å². The number of hydrogen-bond acceptors (Lipinski definition) is 2. The number of ether oxygens (including phenoxy) is 1. The van der Waals surface area contributed by atoms with Crippen LogP contribution in [0, 0.1) is 0 Å². The summed E-state index contributed by atoms with van der Waals surface area (Å²) in [5.74, 6) is 0.275. The summed E-state index contributed by atoms with van der Waals surface area (Å²) in [4.78, 5) is 0. The van der Waals surface area contributed by atoms with Gasteiger partial charge in [0.15, 0.2) is 0 Å². The van der Waals surface area contributed by atoms with Gasteiger partial charge in [-0.2, -0.15) is 0 Å². The first kappa shape index (κ1) is 12.4. The minimum atomic E-state index is -1.01. The molecule has 2 heteroatoms. The van der Waals surface area contributed by atoms with E-state index in [4.69, 9.17) is 4.74 Å². The number of fused-ring (bicyclic) bond motifs is 1. The summed E-state index contributed by atoms with van der Waals surface area (Å²) in [6.45, 7) is 3.98. The molecule has 2 nitrogen and oxygen atoms in total. The molecular weight excluding hydrogens is 212 g/mol. The van der Waals surface area contributed by atoms with Crippen LogP contribution in [0.5, 0.6) is 5.75 Å². The van der Waals surface area contributed by atoms with Gasteiger partial charge in [-0.15, -0.1) is 0 Å². The second kappa shape index (κ2) is 5.09. The average molecular weight is 234 g/mol. The smallest absolute Gasteiger partial charge is 0.205 e. The fraction of sp³-hybridized carbons (Fsp3) is 0.600. The maximum Gasteiger partial charge on any atom is 0.205 e. The van der Waals surface area contributed by atoms with Crippen LogP contribution in [0.1, 0.15) is 57.4 Å². The standard InChI is InChI=1S/C15H22O2/c1-3-4-5-8-12-11-15(2,16)17-14-10-7-6-9-13(12)14/h6-7,9-10,12,16H,3-5,8,11H2,1-2H3. The van der Waals surface area contributed by atoms with Crippen molar-refractivity contribution in [2.24, 2.45) is 0 Å². The van der Waals surface area contributed by atoms with E-state index in [0.717, 1.165) is 12.2 Å². The van der Waals surface area contributed by atoms with Crippen LogP contribution in [-0.4, -0.2) is 10.9 Å². The van der Waals surface area contributed by atoms with Crippen molar-refractivity contribution < 1.29 is 9.84 Å². The van der Waals surface area contributed by atoms with Gasteiger partial charge < -0.3 is 9.84 Å². The summed E-state index contributed by atoms with van der Waals surface area (Å²) < 4.78 is 5.61. The Hall–Kier alpha value is -1.02. The lowest BCUT2D eigenvalue weighted by molar-refractivity contribution is -0.140. The number of rotatable bonds is 4. The van der Waals surface area contributed by atoms with Crippen molar-refractivity contribution in [1.82, 2.24) is 0 Å². The van der Waals surface area contributed by atoms with Gasteiger partial charge in [0.05, 0.1) is 0 Å². The molecule has 0 spiro atoms. The Morgan fingerprint density at radius 2 is 2.12 bits per heavy atom. The van der Waals surface area contributed by atoms with Gasteiger partial charge in [0.1, 0.15) is 5.75 Å². The zero-order valence-corrected chi connectivity index (χ0v) is 10.8. The first-order valence-corrected chi connectivity index (χ1v) is 6.63. The molecule has 1 N–H and O–H groups in total. The highest BCUT2D eigenvalue weighted by atomic mass is 16.6. The fourth-order valence-corrected chi connectivity index (χ4v) is 2.65. The van der Waals surface area contributed by atoms with Gasteiger partial charge >= 0.3 is 0 Å². The Kier molecular flexibility index (Phi) is 3.72. The summed E-state index contributed by atoms with van der Waals surface area (Å²) >= 11 is 0. The quantitative estimate of drug-likeness (QED) is 0.802. The molecule has 2 unspecified atom stereocenters. The number of aliphatic hydroxyl groups is 1. The second-order valence-corrected chi connectivity index (χ2v) is 5.21. The van der Waals surface area contributed by atoms with E-state index in [-0.39, 0.29) is 0 Å². The molecule has 0 aliphatic carbocycles. The van der Waals surface area contributed by atoms with E-state index < -0.39 is 5.79 Å². The van der Waals surface area contributed by atoms with Crippen molar-refractivity contribution in [2.75, 3.05) is 0 Å². The third-order valence-electron chi connectivity index (χ3n) is 3.47. The summed E-state index contributed by atoms with van der Waals surface area (Å²) in [5.41, 5.74) is 1.26. The van der Waals surface area contributed by atoms with Crippen molar-refractivity contribution >= 4 is 0 Å². The van der Waals surface area contributed by atoms with Crippen molar-refractivity contribution in [2.45, 2.75) is 57.7 Å². The van der Waals surface area contributed by atoms with Crippen LogP contribution >= 0.6 is 0 Å². The molecule has 0 amide bonds. The Labute approximate surface area is 104 Å². The summed E-state index contributed by atoms with van der Waals surface area (Å²) in [6.07, 6.45) is 5.58. The normalized spacial score (nSPS) is 27.4. The number of hydrogen-bond donors (Lipinski definition) is 1. The third-order valence-corrected chi connectivity index (χ3v) is 3.47. The Morgan fingerprint density at radius 1 is 1.35 bits per heavy atom. The molecule has 17 heavy (non-hydrogen) atoms. The van der Waals surface area contributed by atoms with E-state index in [1.807, 2.05) is 12.1 Å². The van der Waals surface area contributed by atoms with Crippen LogP contribution in [-0.2, 0) is 0 Å². The van der Waals surface area contributed by atoms with E-state index in [1.165, 1.54) is 24.8 Å². The zero-order valence-electron chi connectivity index (χ0n) is 10.8. The van der Waals surface area contributed by atoms with E-state index in [1.54, 1.807) is 6.92 Å². The van der Waals surface area contributed by atoms with E-state index in [9.17, 15) is 5.11 Å². The van der Waals surface area contributed by atoms with Gasteiger partial charge in [0, 0.05) is 13.3 Å². The molecule has 2 rings (SSSR count). The molecule has 1 heterocycles. The van der Waals surface area contributed by atoms with E-state index >= 15 is 0 Å². The van der Waals surface area contributed by atoms with Crippen LogP contribution < -0.4 is 4.74 Å². The van der Waals surface area contributed by atoms with Crippen LogP contribution in [0.25, 0.3) is 0 Å². The van der Waals surface area contributed by atoms with Crippen molar-refractivity contribution in [3.05, 3.63) is 29.8 Å². The van der Waals surface area contributed by atoms with Crippen LogP contribution in [0.2, 0.25) is 0 Å². The minimum Gasteiger partial charge on any atom is -0.463 e. The van der Waals surface area contributed by atoms with Crippen LogP contribution in [0.3, 0.4) is 0 Å². The molecule has 2 atom stereocenters. The highest BCUT2D eigenvalue weighted by molar-refractivity contribution is 5.38. The average Bonchev–Trinajstić information content (AvgIpc) is 2.28. The molecule has 1 aromatic carbocycles. The lowest BCUT2D eigenvalue weighted by atomic mass is 9.85. The summed E-state index contributed by atoms with van der Waals surface area (Å²) in [7, 11) is 0. The van der Waals surface area contributed by atoms with Gasteiger partial charge in [0.25, 0.3) is 0 Å². The fourth-order valence-electron chi connectivity index (χ4n) is 2.65. The Morgan fingerprint density at radius 3 is 2.88 bits per heavy atom. The molecule has 1 aromatic rings. The van der Waals surface area contributed by atoms with Gasteiger partial charge in [-0.05, 0) is 24.0 Å². The molecule has 0 fully saturated rings. The zero-order chi connectivity index (χ0) is 12.3. The number of para-hydroxylation sites is 1. The topological polar surface area (TPSA) is 29.5 Å². The Balaban J connectivity index is 2.15. The highest BCUT2D eigenvalue weighted by Crippen LogP contribution is 2.42. The van der Waals surface area contributed by atoms with Gasteiger partial charge in [-0.3, -0.25) is 0 Å². The van der Waals surface area contributed by atoms with Gasteiger partial charge in [-0.25, -0.2) is 0 Å². The Bertz CT molecular complexity index is 371. The second-order valence-electron chi connectivity index (χ2n) is 5.21. The minimum absolute atomic E-state index is 0.432. The lowest BCUT2D eigenvalue weighted by Gasteiger charge is -2.36. The van der Waals surface area contributed by atoms with Crippen LogP contribution in [0.15, 0.2) is 24.3 Å². The predicted molar refractivity (Wildman–Crippen MR) is 69.2 cm³/mol. The van der Waals surface area contributed by atoms with Gasteiger partial charge in [-0.1, -0.05) is 44.4 Å². The predicted octanol–water partition coefficient (Wildman–Crippen LogP) is 3.84. The molecular formula is C15H22O2. The first-order chi connectivity index (χ1) is 8.12. The summed E-state index contributed by atoms with van der Waals surface area (Å²) in [6, 6.07) is 8.09. The summed E-state index contributed by atoms with van der Waals surface area (Å²) in [5, 5.41) is 10.1. The maximum atomic E-state index is 10.1. The molecule has 0 saturated carbocycles. The molecule has 1 aliphatic heterocycles. The van der Waals surface area contributed by atoms with Crippen molar-refractivity contribution in [1.29, 1.82) is 0 Å². The highest BCUT2D eigenvalue weighted by Gasteiger charge is 2.34. The number of unbranched alkanes of at least 4 members (excludes halogenated alkanes) is 2. The molecule has 0 radical (unpaired) electrons. The molecule has 0 saturated heterocycles. The van der Waals surface area contributed by atoms with Crippen molar-refractivity contribution in [3.63, 3.8) is 0 Å². The first-order valence-electron chi connectivity index (χ1n) is 6.63. The number of benzene rings is 1.